The number of aromatic nitrogens is 2. The van der Waals surface area contributed by atoms with E-state index in [9.17, 15) is 0 Å². The van der Waals surface area contributed by atoms with E-state index in [0.29, 0.717) is 5.41 Å². The summed E-state index contributed by atoms with van der Waals surface area (Å²) in [6.45, 7) is 11.4. The number of nitrogens with zero attached hydrogens (tertiary/aromatic N) is 2. The summed E-state index contributed by atoms with van der Waals surface area (Å²) in [5.74, 6) is 3.32. The number of nitrogens with one attached hydrogen (secondary N) is 1. The van der Waals surface area contributed by atoms with Crippen molar-refractivity contribution in [3.8, 4) is 11.3 Å². The summed E-state index contributed by atoms with van der Waals surface area (Å²) in [4.78, 5) is 1.47. The lowest BCUT2D eigenvalue weighted by Crippen LogP contribution is -2.54. The van der Waals surface area contributed by atoms with Crippen LogP contribution in [0.3, 0.4) is 0 Å². The van der Waals surface area contributed by atoms with E-state index in [1.807, 2.05) is 11.3 Å². The normalized spacial score (nSPS) is 25.1. The van der Waals surface area contributed by atoms with Gasteiger partial charge < -0.3 is 5.32 Å². The first-order valence-electron chi connectivity index (χ1n) is 12.3. The molecule has 4 aliphatic carbocycles. The van der Waals surface area contributed by atoms with Crippen LogP contribution in [0.2, 0.25) is 0 Å². The Morgan fingerprint density at radius 3 is 2.91 bits per heavy atom. The molecule has 6 rings (SSSR count). The van der Waals surface area contributed by atoms with Crippen LogP contribution < -0.4 is 5.32 Å². The van der Waals surface area contributed by atoms with Crippen LogP contribution in [0.5, 0.6) is 0 Å². The number of rotatable bonds is 9. The SMILES string of the molecule is C=C(NCC1CCC2CC1C2(C)C)c1nn(CCCCCCl)c2c1CCc1sc(Br)cc1-2. The van der Waals surface area contributed by atoms with Crippen molar-refractivity contribution in [3.63, 3.8) is 0 Å². The van der Waals surface area contributed by atoms with Crippen molar-refractivity contribution >= 4 is 44.6 Å². The topological polar surface area (TPSA) is 29.9 Å². The van der Waals surface area contributed by atoms with Gasteiger partial charge in [-0.3, -0.25) is 4.68 Å². The monoisotopic (exact) mass is 535 g/mol. The number of aryl methyl sites for hydroxylation is 2. The fraction of sp³-hybridized carbons (Fsp3) is 0.654. The third kappa shape index (κ3) is 4.01. The Morgan fingerprint density at radius 2 is 2.16 bits per heavy atom. The minimum Gasteiger partial charge on any atom is -0.383 e. The van der Waals surface area contributed by atoms with Crippen LogP contribution in [0.25, 0.3) is 17.0 Å². The average Bonchev–Trinajstić information content (AvgIpc) is 3.34. The maximum Gasteiger partial charge on any atom is 0.111 e. The van der Waals surface area contributed by atoms with Gasteiger partial charge in [0.25, 0.3) is 0 Å². The fourth-order valence-electron chi connectivity index (χ4n) is 6.54. The van der Waals surface area contributed by atoms with Gasteiger partial charge in [-0.25, -0.2) is 0 Å². The van der Waals surface area contributed by atoms with Gasteiger partial charge in [-0.1, -0.05) is 26.8 Å². The summed E-state index contributed by atoms with van der Waals surface area (Å²) in [5.41, 5.74) is 6.69. The Kier molecular flexibility index (Phi) is 6.54. The third-order valence-corrected chi connectivity index (χ3v) is 10.5. The molecule has 0 aromatic carbocycles. The minimum absolute atomic E-state index is 0.526. The maximum absolute atomic E-state index is 5.90. The number of hydrogen-bond donors (Lipinski definition) is 1. The van der Waals surface area contributed by atoms with E-state index >= 15 is 0 Å². The van der Waals surface area contributed by atoms with Crippen molar-refractivity contribution in [1.29, 1.82) is 0 Å². The Hall–Kier alpha value is -0.780. The predicted molar refractivity (Wildman–Crippen MR) is 140 cm³/mol. The van der Waals surface area contributed by atoms with Crippen LogP contribution in [-0.4, -0.2) is 22.2 Å². The molecular formula is C26H35BrClN3S. The molecule has 0 saturated heterocycles. The van der Waals surface area contributed by atoms with Gasteiger partial charge >= 0.3 is 0 Å². The molecule has 3 saturated carbocycles. The minimum atomic E-state index is 0.526. The molecule has 3 fully saturated rings. The summed E-state index contributed by atoms with van der Waals surface area (Å²) in [5, 5.41) is 8.87. The van der Waals surface area contributed by atoms with Gasteiger partial charge in [-0.2, -0.15) is 5.10 Å². The maximum atomic E-state index is 5.90. The number of thiophene rings is 1. The standard InChI is InChI=1S/C26H35BrClN3S/c1-16(29-15-17-7-8-18-13-21(17)26(18,2)3)24-19-9-10-22-20(14-23(27)32-22)25(19)31(30-24)12-6-4-5-11-28/h14,17-18,21,29H,1,4-13,15H2,2-3H3. The molecule has 2 aromatic heterocycles. The molecule has 1 N–H and O–H groups in total. The second-order valence-corrected chi connectivity index (χ2v) is 13.5. The first-order valence-corrected chi connectivity index (χ1v) is 14.4. The summed E-state index contributed by atoms with van der Waals surface area (Å²) in [6, 6.07) is 2.28. The number of alkyl halides is 1. The average molecular weight is 537 g/mol. The second-order valence-electron chi connectivity index (χ2n) is 10.6. The van der Waals surface area contributed by atoms with Gasteiger partial charge in [-0.05, 0) is 90.1 Å². The van der Waals surface area contributed by atoms with Gasteiger partial charge in [-0.15, -0.1) is 22.9 Å². The van der Waals surface area contributed by atoms with Gasteiger partial charge in [0, 0.05) is 35.0 Å². The lowest BCUT2D eigenvalue weighted by atomic mass is 9.45. The highest BCUT2D eigenvalue weighted by Gasteiger charge is 2.53. The molecule has 174 valence electrons. The van der Waals surface area contributed by atoms with Crippen LogP contribution in [0, 0.1) is 23.2 Å². The quantitative estimate of drug-likeness (QED) is 0.265. The van der Waals surface area contributed by atoms with Crippen LogP contribution >= 0.6 is 38.9 Å². The van der Waals surface area contributed by atoms with Crippen molar-refractivity contribution in [2.45, 2.75) is 71.8 Å². The molecule has 4 aliphatic rings. The number of hydrogen-bond acceptors (Lipinski definition) is 3. The van der Waals surface area contributed by atoms with Crippen molar-refractivity contribution < 1.29 is 0 Å². The molecule has 2 heterocycles. The van der Waals surface area contributed by atoms with Crippen LogP contribution in [0.4, 0.5) is 0 Å². The van der Waals surface area contributed by atoms with E-state index in [-0.39, 0.29) is 0 Å². The van der Waals surface area contributed by atoms with Gasteiger partial charge in [0.05, 0.1) is 15.2 Å². The molecule has 32 heavy (non-hydrogen) atoms. The Morgan fingerprint density at radius 1 is 1.31 bits per heavy atom. The zero-order chi connectivity index (χ0) is 22.5. The van der Waals surface area contributed by atoms with E-state index in [1.165, 1.54) is 44.7 Å². The molecule has 0 spiro atoms. The fourth-order valence-corrected chi connectivity index (χ4v) is 8.43. The Labute approximate surface area is 210 Å². The number of unbranched alkanes of at least 4 members (excludes halogenated alkanes) is 2. The lowest BCUT2D eigenvalue weighted by Gasteiger charge is -2.60. The highest BCUT2D eigenvalue weighted by Crippen LogP contribution is 2.61. The molecule has 0 amide bonds. The van der Waals surface area contributed by atoms with Crippen molar-refractivity contribution in [1.82, 2.24) is 15.1 Å². The van der Waals surface area contributed by atoms with Crippen molar-refractivity contribution in [3.05, 3.63) is 32.6 Å². The van der Waals surface area contributed by atoms with Crippen molar-refractivity contribution in [2.24, 2.45) is 23.2 Å². The van der Waals surface area contributed by atoms with Crippen LogP contribution in [0.15, 0.2) is 16.4 Å². The van der Waals surface area contributed by atoms with Crippen LogP contribution in [-0.2, 0) is 19.4 Å². The van der Waals surface area contributed by atoms with E-state index < -0.39 is 0 Å². The predicted octanol–water partition coefficient (Wildman–Crippen LogP) is 7.51. The zero-order valence-corrected chi connectivity index (χ0v) is 22.5. The third-order valence-electron chi connectivity index (χ3n) is 8.55. The van der Waals surface area contributed by atoms with E-state index in [2.05, 4.69) is 52.4 Å². The first kappa shape index (κ1) is 23.0. The number of halogens is 2. The molecule has 6 heteroatoms. The molecule has 2 bridgehead atoms. The second kappa shape index (κ2) is 9.11. The molecule has 2 aromatic rings. The molecule has 3 atom stereocenters. The van der Waals surface area contributed by atoms with Gasteiger partial charge in [0.1, 0.15) is 5.69 Å². The molecule has 3 nitrogen and oxygen atoms in total. The largest absolute Gasteiger partial charge is 0.383 e. The smallest absolute Gasteiger partial charge is 0.111 e. The van der Waals surface area contributed by atoms with E-state index in [0.717, 1.165) is 80.2 Å². The Bertz CT molecular complexity index is 1010. The highest BCUT2D eigenvalue weighted by atomic mass is 79.9. The van der Waals surface area contributed by atoms with E-state index in [4.69, 9.17) is 16.7 Å². The summed E-state index contributed by atoms with van der Waals surface area (Å²) >= 11 is 11.5. The summed E-state index contributed by atoms with van der Waals surface area (Å²) in [6.07, 6.45) is 9.65. The van der Waals surface area contributed by atoms with Gasteiger partial charge in [0.2, 0.25) is 0 Å². The molecule has 3 unspecified atom stereocenters. The van der Waals surface area contributed by atoms with Crippen molar-refractivity contribution in [2.75, 3.05) is 12.4 Å². The molecular weight excluding hydrogens is 502 g/mol. The van der Waals surface area contributed by atoms with Gasteiger partial charge in [0.15, 0.2) is 0 Å². The van der Waals surface area contributed by atoms with E-state index in [1.54, 1.807) is 0 Å². The molecule has 0 radical (unpaired) electrons. The lowest BCUT2D eigenvalue weighted by molar-refractivity contribution is -0.103. The van der Waals surface area contributed by atoms with Crippen LogP contribution in [0.1, 0.15) is 68.5 Å². The Balaban J connectivity index is 1.35. The molecule has 0 aliphatic heterocycles. The number of fused-ring (bicyclic) bond motifs is 5. The first-order chi connectivity index (χ1) is 15.4. The zero-order valence-electron chi connectivity index (χ0n) is 19.4. The highest BCUT2D eigenvalue weighted by molar-refractivity contribution is 9.11. The summed E-state index contributed by atoms with van der Waals surface area (Å²) in [7, 11) is 0. The summed E-state index contributed by atoms with van der Waals surface area (Å²) < 4.78 is 3.46.